The SMILES string of the molecule is CC(Nc1c(Cl)cccc1Cl)C(=O)N1CCCC1. The Morgan fingerprint density at radius 3 is 2.39 bits per heavy atom. The van der Waals surface area contributed by atoms with Gasteiger partial charge in [-0.15, -0.1) is 0 Å². The molecule has 1 aromatic carbocycles. The summed E-state index contributed by atoms with van der Waals surface area (Å²) in [6.45, 7) is 3.53. The Morgan fingerprint density at radius 1 is 1.28 bits per heavy atom. The Balaban J connectivity index is 2.06. The van der Waals surface area contributed by atoms with Gasteiger partial charge in [0.05, 0.1) is 15.7 Å². The molecule has 1 heterocycles. The molecule has 1 unspecified atom stereocenters. The van der Waals surface area contributed by atoms with Crippen molar-refractivity contribution in [1.82, 2.24) is 4.90 Å². The topological polar surface area (TPSA) is 32.3 Å². The lowest BCUT2D eigenvalue weighted by Crippen LogP contribution is -2.39. The molecule has 1 aliphatic heterocycles. The maximum absolute atomic E-state index is 12.1. The first kappa shape index (κ1) is 13.5. The number of para-hydroxylation sites is 1. The third-order valence-electron chi connectivity index (χ3n) is 3.11. The van der Waals surface area contributed by atoms with Gasteiger partial charge in [0.1, 0.15) is 6.04 Å². The van der Waals surface area contributed by atoms with Gasteiger partial charge < -0.3 is 10.2 Å². The maximum atomic E-state index is 12.1. The number of benzene rings is 1. The normalized spacial score (nSPS) is 16.7. The maximum Gasteiger partial charge on any atom is 0.244 e. The van der Waals surface area contributed by atoms with E-state index in [2.05, 4.69) is 5.32 Å². The van der Waals surface area contributed by atoms with Gasteiger partial charge >= 0.3 is 0 Å². The summed E-state index contributed by atoms with van der Waals surface area (Å²) in [5, 5.41) is 4.16. The van der Waals surface area contributed by atoms with Gasteiger partial charge in [0, 0.05) is 13.1 Å². The monoisotopic (exact) mass is 286 g/mol. The molecule has 1 atom stereocenters. The van der Waals surface area contributed by atoms with Gasteiger partial charge in [-0.05, 0) is 31.9 Å². The van der Waals surface area contributed by atoms with Gasteiger partial charge in [-0.3, -0.25) is 4.79 Å². The summed E-state index contributed by atoms with van der Waals surface area (Å²) < 4.78 is 0. The van der Waals surface area contributed by atoms with Crippen LogP contribution in [0.4, 0.5) is 5.69 Å². The van der Waals surface area contributed by atoms with Crippen LogP contribution in [0.15, 0.2) is 18.2 Å². The number of rotatable bonds is 3. The first-order chi connectivity index (χ1) is 8.59. The van der Waals surface area contributed by atoms with Crippen LogP contribution in [0.3, 0.4) is 0 Å². The van der Waals surface area contributed by atoms with E-state index >= 15 is 0 Å². The Hall–Kier alpha value is -0.930. The summed E-state index contributed by atoms with van der Waals surface area (Å²) in [7, 11) is 0. The molecule has 5 heteroatoms. The molecular formula is C13H16Cl2N2O. The average Bonchev–Trinajstić information content (AvgIpc) is 2.86. The number of nitrogens with zero attached hydrogens (tertiary/aromatic N) is 1. The van der Waals surface area contributed by atoms with Gasteiger partial charge in [-0.1, -0.05) is 29.3 Å². The molecule has 0 saturated carbocycles. The number of carbonyl (C=O) groups excluding carboxylic acids is 1. The van der Waals surface area contributed by atoms with Crippen molar-refractivity contribution in [2.24, 2.45) is 0 Å². The molecule has 0 aliphatic carbocycles. The van der Waals surface area contributed by atoms with Crippen molar-refractivity contribution in [3.63, 3.8) is 0 Å². The standard InChI is InChI=1S/C13H16Cl2N2O/c1-9(13(18)17-7-2-3-8-17)16-12-10(14)5-4-6-11(12)15/h4-6,9,16H,2-3,7-8H2,1H3. The predicted molar refractivity (Wildman–Crippen MR) is 75.4 cm³/mol. The number of nitrogens with one attached hydrogen (secondary N) is 1. The van der Waals surface area contributed by atoms with Crippen LogP contribution in [0.5, 0.6) is 0 Å². The summed E-state index contributed by atoms with van der Waals surface area (Å²) in [5.41, 5.74) is 0.626. The molecular weight excluding hydrogens is 271 g/mol. The van der Waals surface area contributed by atoms with E-state index in [1.54, 1.807) is 18.2 Å². The molecule has 1 aromatic rings. The third-order valence-corrected chi connectivity index (χ3v) is 3.74. The second-order valence-corrected chi connectivity index (χ2v) is 5.31. The highest BCUT2D eigenvalue weighted by Gasteiger charge is 2.23. The van der Waals surface area contributed by atoms with Crippen LogP contribution in [0.2, 0.25) is 10.0 Å². The first-order valence-corrected chi connectivity index (χ1v) is 6.84. The van der Waals surface area contributed by atoms with Crippen LogP contribution in [-0.4, -0.2) is 29.9 Å². The molecule has 0 radical (unpaired) electrons. The van der Waals surface area contributed by atoms with Gasteiger partial charge in [-0.2, -0.15) is 0 Å². The molecule has 18 heavy (non-hydrogen) atoms. The zero-order chi connectivity index (χ0) is 13.1. The molecule has 98 valence electrons. The van der Waals surface area contributed by atoms with E-state index in [1.807, 2.05) is 11.8 Å². The molecule has 1 N–H and O–H groups in total. The lowest BCUT2D eigenvalue weighted by molar-refractivity contribution is -0.130. The number of hydrogen-bond acceptors (Lipinski definition) is 2. The van der Waals surface area contributed by atoms with E-state index in [0.29, 0.717) is 15.7 Å². The fourth-order valence-corrected chi connectivity index (χ4v) is 2.63. The molecule has 0 spiro atoms. The van der Waals surface area contributed by atoms with Gasteiger partial charge in [0.15, 0.2) is 0 Å². The van der Waals surface area contributed by atoms with Crippen LogP contribution in [0, 0.1) is 0 Å². The smallest absolute Gasteiger partial charge is 0.244 e. The second-order valence-electron chi connectivity index (χ2n) is 4.50. The summed E-state index contributed by atoms with van der Waals surface area (Å²) in [6, 6.07) is 4.97. The molecule has 0 aromatic heterocycles. The zero-order valence-electron chi connectivity index (χ0n) is 10.2. The van der Waals surface area contributed by atoms with Crippen LogP contribution in [0.25, 0.3) is 0 Å². The molecule has 3 nitrogen and oxygen atoms in total. The van der Waals surface area contributed by atoms with E-state index in [4.69, 9.17) is 23.2 Å². The van der Waals surface area contributed by atoms with Crippen LogP contribution >= 0.6 is 23.2 Å². The van der Waals surface area contributed by atoms with E-state index < -0.39 is 0 Å². The Morgan fingerprint density at radius 2 is 1.83 bits per heavy atom. The van der Waals surface area contributed by atoms with Crippen molar-refractivity contribution < 1.29 is 4.79 Å². The second kappa shape index (κ2) is 5.81. The summed E-state index contributed by atoms with van der Waals surface area (Å²) in [4.78, 5) is 14.0. The van der Waals surface area contributed by atoms with Crippen LogP contribution in [0.1, 0.15) is 19.8 Å². The summed E-state index contributed by atoms with van der Waals surface area (Å²) >= 11 is 12.1. The Kier molecular flexibility index (Phi) is 4.36. The van der Waals surface area contributed by atoms with Crippen molar-refractivity contribution in [3.05, 3.63) is 28.2 Å². The van der Waals surface area contributed by atoms with Crippen molar-refractivity contribution in [2.45, 2.75) is 25.8 Å². The van der Waals surface area contributed by atoms with Crippen molar-refractivity contribution in [3.8, 4) is 0 Å². The van der Waals surface area contributed by atoms with Crippen molar-refractivity contribution >= 4 is 34.8 Å². The number of hydrogen-bond donors (Lipinski definition) is 1. The molecule has 1 fully saturated rings. The average molecular weight is 287 g/mol. The molecule has 2 rings (SSSR count). The minimum absolute atomic E-state index is 0.100. The van der Waals surface area contributed by atoms with E-state index in [1.165, 1.54) is 0 Å². The molecule has 1 aliphatic rings. The number of amides is 1. The quantitative estimate of drug-likeness (QED) is 0.924. The largest absolute Gasteiger partial charge is 0.371 e. The van der Waals surface area contributed by atoms with Crippen LogP contribution in [-0.2, 0) is 4.79 Å². The summed E-state index contributed by atoms with van der Waals surface area (Å²) in [5.74, 6) is 0.100. The third kappa shape index (κ3) is 2.90. The highest BCUT2D eigenvalue weighted by Crippen LogP contribution is 2.30. The predicted octanol–water partition coefficient (Wildman–Crippen LogP) is 3.42. The number of halogens is 2. The first-order valence-electron chi connectivity index (χ1n) is 6.09. The minimum Gasteiger partial charge on any atom is -0.371 e. The molecule has 1 saturated heterocycles. The number of carbonyl (C=O) groups is 1. The van der Waals surface area contributed by atoms with E-state index in [9.17, 15) is 4.79 Å². The fraction of sp³-hybridized carbons (Fsp3) is 0.462. The highest BCUT2D eigenvalue weighted by molar-refractivity contribution is 6.39. The lowest BCUT2D eigenvalue weighted by Gasteiger charge is -2.22. The minimum atomic E-state index is -0.319. The summed E-state index contributed by atoms with van der Waals surface area (Å²) in [6.07, 6.45) is 2.18. The number of likely N-dealkylation sites (tertiary alicyclic amines) is 1. The number of anilines is 1. The van der Waals surface area contributed by atoms with E-state index in [-0.39, 0.29) is 11.9 Å². The lowest BCUT2D eigenvalue weighted by atomic mass is 10.2. The van der Waals surface area contributed by atoms with Gasteiger partial charge in [-0.25, -0.2) is 0 Å². The van der Waals surface area contributed by atoms with Crippen molar-refractivity contribution in [1.29, 1.82) is 0 Å². The van der Waals surface area contributed by atoms with Gasteiger partial charge in [0.25, 0.3) is 0 Å². The Labute approximate surface area is 117 Å². The highest BCUT2D eigenvalue weighted by atomic mass is 35.5. The Bertz CT molecular complexity index is 424. The molecule has 1 amide bonds. The molecule has 0 bridgehead atoms. The fourth-order valence-electron chi connectivity index (χ4n) is 2.13. The van der Waals surface area contributed by atoms with Gasteiger partial charge in [0.2, 0.25) is 5.91 Å². The van der Waals surface area contributed by atoms with Crippen molar-refractivity contribution in [2.75, 3.05) is 18.4 Å². The van der Waals surface area contributed by atoms with E-state index in [0.717, 1.165) is 25.9 Å². The van der Waals surface area contributed by atoms with Crippen LogP contribution < -0.4 is 5.32 Å². The zero-order valence-corrected chi connectivity index (χ0v) is 11.8.